The molecule has 2 heterocycles. The van der Waals surface area contributed by atoms with Crippen LogP contribution in [0.3, 0.4) is 0 Å². The molecule has 3 N–H and O–H groups in total. The second kappa shape index (κ2) is 12.8. The Morgan fingerprint density at radius 1 is 0.844 bits per heavy atom. The van der Waals surface area contributed by atoms with Gasteiger partial charge in [0.2, 0.25) is 5.91 Å². The lowest BCUT2D eigenvalue weighted by molar-refractivity contribution is -0.123. The second-order valence-electron chi connectivity index (χ2n) is 10.5. The minimum Gasteiger partial charge on any atom is -0.497 e. The van der Waals surface area contributed by atoms with E-state index in [9.17, 15) is 13.2 Å². The normalized spacial score (nSPS) is 13.1. The number of anilines is 4. The van der Waals surface area contributed by atoms with Crippen LogP contribution in [0.1, 0.15) is 5.56 Å². The monoisotopic (exact) mass is 624 g/mol. The van der Waals surface area contributed by atoms with Crippen LogP contribution in [0.5, 0.6) is 11.5 Å². The summed E-state index contributed by atoms with van der Waals surface area (Å²) in [6.07, 6.45) is 0. The van der Waals surface area contributed by atoms with E-state index < -0.39 is 10.0 Å². The second-order valence-corrected chi connectivity index (χ2v) is 12.2. The number of methoxy groups -OCH3 is 2. The van der Waals surface area contributed by atoms with Crippen LogP contribution < -0.4 is 29.7 Å². The maximum Gasteiger partial charge on any atom is 0.263 e. The summed E-state index contributed by atoms with van der Waals surface area (Å²) >= 11 is 0. The first-order valence-electron chi connectivity index (χ1n) is 14.3. The van der Waals surface area contributed by atoms with Gasteiger partial charge in [-0.2, -0.15) is 0 Å². The number of carbonyl (C=O) groups excluding carboxylic acids is 1. The van der Waals surface area contributed by atoms with Gasteiger partial charge in [-0.15, -0.1) is 0 Å². The Balaban J connectivity index is 1.35. The van der Waals surface area contributed by atoms with Crippen molar-refractivity contribution in [3.05, 3.63) is 103 Å². The zero-order valence-electron chi connectivity index (χ0n) is 24.7. The van der Waals surface area contributed by atoms with E-state index in [0.29, 0.717) is 53.5 Å². The van der Waals surface area contributed by atoms with Crippen LogP contribution in [0.2, 0.25) is 0 Å². The summed E-state index contributed by atoms with van der Waals surface area (Å²) in [6, 6.07) is 28.3. The van der Waals surface area contributed by atoms with Gasteiger partial charge < -0.3 is 25.0 Å². The highest BCUT2D eigenvalue weighted by Gasteiger charge is 2.31. The number of nitrogens with zero attached hydrogens (tertiary/aromatic N) is 3. The van der Waals surface area contributed by atoms with Gasteiger partial charge in [-0.1, -0.05) is 48.5 Å². The topological polar surface area (TPSA) is 135 Å². The molecular formula is C33H32N6O5S. The third kappa shape index (κ3) is 6.66. The highest BCUT2D eigenvalue weighted by atomic mass is 32.2. The average Bonchev–Trinajstić information content (AvgIpc) is 3.03. The Kier molecular flexibility index (Phi) is 8.49. The van der Waals surface area contributed by atoms with Crippen molar-refractivity contribution >= 4 is 50.0 Å². The van der Waals surface area contributed by atoms with Gasteiger partial charge in [0, 0.05) is 42.7 Å². The fourth-order valence-corrected chi connectivity index (χ4v) is 5.97. The van der Waals surface area contributed by atoms with Gasteiger partial charge >= 0.3 is 0 Å². The Labute approximate surface area is 261 Å². The third-order valence-corrected chi connectivity index (χ3v) is 8.77. The van der Waals surface area contributed by atoms with Crippen molar-refractivity contribution in [1.29, 1.82) is 0 Å². The molecule has 1 amide bonds. The molecule has 1 fully saturated rings. The highest BCUT2D eigenvalue weighted by molar-refractivity contribution is 7.92. The lowest BCUT2D eigenvalue weighted by Crippen LogP contribution is -2.52. The molecule has 5 aromatic rings. The third-order valence-electron chi connectivity index (χ3n) is 7.44. The standard InChI is InChI=1S/C33H32N6O5S/c1-43-26-15-24(16-27(18-26)44-2)35-31-32(37-30-14-7-6-13-29(30)36-31)38-45(41,42)28-12-8-11-25(17-28)39(33(40)23-19-34-20-23)21-22-9-4-3-5-10-22/h3-18,23,34H,19-21H2,1-2H3,(H,35,36)(H,37,38). The molecular weight excluding hydrogens is 592 g/mol. The fraction of sp³-hybridized carbons (Fsp3) is 0.182. The van der Waals surface area contributed by atoms with Crippen LogP contribution in [-0.4, -0.2) is 51.6 Å². The van der Waals surface area contributed by atoms with Gasteiger partial charge in [-0.25, -0.2) is 18.4 Å². The SMILES string of the molecule is COc1cc(Nc2nc3ccccc3nc2NS(=O)(=O)c2cccc(N(Cc3ccccc3)C(=O)C3CNC3)c2)cc(OC)c1. The molecule has 0 saturated carbocycles. The number of rotatable bonds is 11. The Morgan fingerprint density at radius 2 is 1.49 bits per heavy atom. The largest absolute Gasteiger partial charge is 0.497 e. The zero-order chi connectivity index (χ0) is 31.4. The van der Waals surface area contributed by atoms with E-state index in [0.717, 1.165) is 5.56 Å². The molecule has 12 heteroatoms. The van der Waals surface area contributed by atoms with Crippen molar-refractivity contribution in [2.24, 2.45) is 5.92 Å². The Hall–Kier alpha value is -5.20. The summed E-state index contributed by atoms with van der Waals surface area (Å²) < 4.78 is 41.2. The molecule has 1 aliphatic rings. The number of para-hydroxylation sites is 2. The first kappa shape index (κ1) is 29.9. The summed E-state index contributed by atoms with van der Waals surface area (Å²) in [5.74, 6) is 1.01. The van der Waals surface area contributed by atoms with E-state index in [2.05, 4.69) is 25.3 Å². The number of hydrogen-bond acceptors (Lipinski definition) is 9. The molecule has 1 aliphatic heterocycles. The van der Waals surface area contributed by atoms with E-state index in [-0.39, 0.29) is 28.4 Å². The van der Waals surface area contributed by atoms with Gasteiger partial charge in [-0.05, 0) is 35.9 Å². The molecule has 6 rings (SSSR count). The first-order chi connectivity index (χ1) is 21.8. The molecule has 1 aromatic heterocycles. The van der Waals surface area contributed by atoms with Crippen molar-refractivity contribution in [1.82, 2.24) is 15.3 Å². The van der Waals surface area contributed by atoms with Crippen LogP contribution in [0.4, 0.5) is 23.0 Å². The van der Waals surface area contributed by atoms with E-state index >= 15 is 0 Å². The molecule has 4 aromatic carbocycles. The van der Waals surface area contributed by atoms with E-state index in [1.165, 1.54) is 12.1 Å². The fourth-order valence-electron chi connectivity index (χ4n) is 4.93. The molecule has 0 unspecified atom stereocenters. The smallest absolute Gasteiger partial charge is 0.263 e. The summed E-state index contributed by atoms with van der Waals surface area (Å²) in [7, 11) is -1.10. The number of aromatic nitrogens is 2. The zero-order valence-corrected chi connectivity index (χ0v) is 25.5. The molecule has 230 valence electrons. The highest BCUT2D eigenvalue weighted by Crippen LogP contribution is 2.32. The predicted octanol–water partition coefficient (Wildman–Crippen LogP) is 4.94. The number of hydrogen-bond donors (Lipinski definition) is 3. The summed E-state index contributed by atoms with van der Waals surface area (Å²) in [4.78, 5) is 24.4. The van der Waals surface area contributed by atoms with Gasteiger partial charge in [-0.3, -0.25) is 9.52 Å². The quantitative estimate of drug-likeness (QED) is 0.187. The number of sulfonamides is 1. The van der Waals surface area contributed by atoms with E-state index in [1.807, 2.05) is 36.4 Å². The van der Waals surface area contributed by atoms with E-state index in [4.69, 9.17) is 9.47 Å². The minimum absolute atomic E-state index is 0.00125. The molecule has 0 aliphatic carbocycles. The average molecular weight is 625 g/mol. The van der Waals surface area contributed by atoms with Crippen molar-refractivity contribution in [3.8, 4) is 11.5 Å². The minimum atomic E-state index is -4.18. The van der Waals surface area contributed by atoms with Gasteiger partial charge in [0.1, 0.15) is 11.5 Å². The van der Waals surface area contributed by atoms with Crippen LogP contribution in [-0.2, 0) is 21.4 Å². The Morgan fingerprint density at radius 3 is 2.11 bits per heavy atom. The summed E-state index contributed by atoms with van der Waals surface area (Å²) in [5, 5.41) is 6.30. The van der Waals surface area contributed by atoms with Crippen LogP contribution >= 0.6 is 0 Å². The Bertz CT molecular complexity index is 1930. The maximum absolute atomic E-state index is 13.9. The molecule has 45 heavy (non-hydrogen) atoms. The van der Waals surface area contributed by atoms with Gasteiger partial charge in [0.15, 0.2) is 11.6 Å². The van der Waals surface area contributed by atoms with E-state index in [1.54, 1.807) is 67.7 Å². The number of fused-ring (bicyclic) bond motifs is 1. The summed E-state index contributed by atoms with van der Waals surface area (Å²) in [5.41, 5.74) is 3.04. The lowest BCUT2D eigenvalue weighted by Gasteiger charge is -2.32. The lowest BCUT2D eigenvalue weighted by atomic mass is 10.0. The van der Waals surface area contributed by atoms with Crippen LogP contribution in [0.15, 0.2) is 102 Å². The summed E-state index contributed by atoms with van der Waals surface area (Å²) in [6.45, 7) is 1.47. The number of amides is 1. The van der Waals surface area contributed by atoms with Crippen LogP contribution in [0.25, 0.3) is 11.0 Å². The predicted molar refractivity (Wildman–Crippen MR) is 174 cm³/mol. The van der Waals surface area contributed by atoms with Crippen LogP contribution in [0, 0.1) is 5.92 Å². The van der Waals surface area contributed by atoms with Gasteiger partial charge in [0.05, 0.1) is 42.6 Å². The maximum atomic E-state index is 13.9. The molecule has 1 saturated heterocycles. The number of nitrogens with one attached hydrogen (secondary N) is 3. The first-order valence-corrected chi connectivity index (χ1v) is 15.8. The molecule has 0 bridgehead atoms. The molecule has 0 atom stereocenters. The molecule has 0 radical (unpaired) electrons. The van der Waals surface area contributed by atoms with Crippen molar-refractivity contribution in [3.63, 3.8) is 0 Å². The van der Waals surface area contributed by atoms with Crippen molar-refractivity contribution in [2.75, 3.05) is 42.2 Å². The number of ether oxygens (including phenoxy) is 2. The van der Waals surface area contributed by atoms with Crippen molar-refractivity contribution in [2.45, 2.75) is 11.4 Å². The van der Waals surface area contributed by atoms with Crippen molar-refractivity contribution < 1.29 is 22.7 Å². The van der Waals surface area contributed by atoms with Gasteiger partial charge in [0.25, 0.3) is 10.0 Å². The molecule has 0 spiro atoms. The molecule has 11 nitrogen and oxygen atoms in total. The number of carbonyl (C=O) groups is 1. The number of benzene rings is 4.